The predicted molar refractivity (Wildman–Crippen MR) is 150 cm³/mol. The van der Waals surface area contributed by atoms with E-state index in [4.69, 9.17) is 17.2 Å². The number of nitrogens with one attached hydrogen (secondary N) is 3. The molecule has 4 atom stereocenters. The molecular formula is C28H38N6O7. The van der Waals surface area contributed by atoms with Crippen LogP contribution in [0.15, 0.2) is 54.6 Å². The summed E-state index contributed by atoms with van der Waals surface area (Å²) in [6.45, 7) is 0.373. The average Bonchev–Trinajstić information content (AvgIpc) is 2.93. The van der Waals surface area contributed by atoms with Crippen LogP contribution in [0.1, 0.15) is 36.8 Å². The summed E-state index contributed by atoms with van der Waals surface area (Å²) in [7, 11) is 0. The van der Waals surface area contributed by atoms with Crippen molar-refractivity contribution in [1.29, 1.82) is 0 Å². The highest BCUT2D eigenvalue weighted by Crippen LogP contribution is 2.13. The molecule has 0 saturated heterocycles. The molecule has 13 nitrogen and oxygen atoms in total. The van der Waals surface area contributed by atoms with Crippen molar-refractivity contribution in [3.05, 3.63) is 65.7 Å². The molecule has 11 N–H and O–H groups in total. The van der Waals surface area contributed by atoms with Gasteiger partial charge in [0, 0.05) is 6.42 Å². The third-order valence-corrected chi connectivity index (χ3v) is 6.24. The molecule has 2 rings (SSSR count). The SMILES string of the molecule is NCCCCC(NC(=O)C(N)Cc1ccccc1)C(=O)NC(Cc1ccc(O)cc1)C(=O)NC(CC(N)=O)C(=O)O. The number of benzene rings is 2. The maximum absolute atomic E-state index is 13.4. The third kappa shape index (κ3) is 11.6. The number of carbonyl (C=O) groups excluding carboxylic acids is 4. The van der Waals surface area contributed by atoms with Crippen LogP contribution >= 0.6 is 0 Å². The number of aromatic hydroxyl groups is 1. The van der Waals surface area contributed by atoms with Crippen LogP contribution in [0, 0.1) is 0 Å². The Morgan fingerprint density at radius 1 is 0.732 bits per heavy atom. The molecule has 0 radical (unpaired) electrons. The number of hydrogen-bond acceptors (Lipinski definition) is 8. The summed E-state index contributed by atoms with van der Waals surface area (Å²) >= 11 is 0. The van der Waals surface area contributed by atoms with E-state index >= 15 is 0 Å². The highest BCUT2D eigenvalue weighted by Gasteiger charge is 2.31. The maximum atomic E-state index is 13.4. The molecule has 0 aliphatic rings. The standard InChI is InChI=1S/C28H38N6O7/c29-13-5-4-8-21(32-25(37)20(30)14-17-6-2-1-3-7-17)26(38)33-22(15-18-9-11-19(35)12-10-18)27(39)34-23(28(40)41)16-24(31)36/h1-3,6-7,9-12,20-23,35H,4-5,8,13-16,29-30H2,(H2,31,36)(H,32,37)(H,33,38)(H,34,39)(H,40,41). The van der Waals surface area contributed by atoms with Gasteiger partial charge in [0.1, 0.15) is 23.9 Å². The second-order valence-electron chi connectivity index (χ2n) is 9.64. The Morgan fingerprint density at radius 2 is 1.29 bits per heavy atom. The van der Waals surface area contributed by atoms with E-state index in [0.29, 0.717) is 24.9 Å². The van der Waals surface area contributed by atoms with Gasteiger partial charge in [-0.25, -0.2) is 4.79 Å². The fourth-order valence-corrected chi connectivity index (χ4v) is 4.02. The van der Waals surface area contributed by atoms with Crippen LogP contribution in [-0.2, 0) is 36.8 Å². The van der Waals surface area contributed by atoms with E-state index < -0.39 is 60.2 Å². The van der Waals surface area contributed by atoms with Gasteiger partial charge in [0.2, 0.25) is 23.6 Å². The number of carbonyl (C=O) groups is 5. The topological polar surface area (TPSA) is 240 Å². The van der Waals surface area contributed by atoms with Gasteiger partial charge in [-0.05, 0) is 55.5 Å². The van der Waals surface area contributed by atoms with Crippen molar-refractivity contribution >= 4 is 29.6 Å². The molecule has 2 aromatic rings. The smallest absolute Gasteiger partial charge is 0.326 e. The molecule has 0 bridgehead atoms. The Bertz CT molecular complexity index is 1180. The number of nitrogens with two attached hydrogens (primary N) is 3. The van der Waals surface area contributed by atoms with E-state index in [9.17, 15) is 34.2 Å². The first-order valence-electron chi connectivity index (χ1n) is 13.2. The molecule has 4 unspecified atom stereocenters. The lowest BCUT2D eigenvalue weighted by Crippen LogP contribution is -2.58. The summed E-state index contributed by atoms with van der Waals surface area (Å²) in [4.78, 5) is 62.3. The van der Waals surface area contributed by atoms with Crippen molar-refractivity contribution in [2.24, 2.45) is 17.2 Å². The lowest BCUT2D eigenvalue weighted by molar-refractivity contribution is -0.143. The molecular weight excluding hydrogens is 532 g/mol. The minimum absolute atomic E-state index is 0.0132. The highest BCUT2D eigenvalue weighted by atomic mass is 16.4. The quantitative estimate of drug-likeness (QED) is 0.109. The first-order chi connectivity index (χ1) is 19.5. The zero-order valence-corrected chi connectivity index (χ0v) is 22.6. The Labute approximate surface area is 237 Å². The van der Waals surface area contributed by atoms with Crippen molar-refractivity contribution in [3.8, 4) is 5.75 Å². The summed E-state index contributed by atoms with van der Waals surface area (Å²) in [5, 5.41) is 26.5. The molecule has 0 aliphatic heterocycles. The van der Waals surface area contributed by atoms with E-state index in [-0.39, 0.29) is 25.0 Å². The van der Waals surface area contributed by atoms with Crippen LogP contribution < -0.4 is 33.2 Å². The Balaban J connectivity index is 2.23. The number of carboxylic acid groups (broad SMARTS) is 1. The van der Waals surface area contributed by atoms with Crippen LogP contribution in [0.5, 0.6) is 5.75 Å². The number of hydrogen-bond donors (Lipinski definition) is 8. The minimum atomic E-state index is -1.62. The zero-order valence-electron chi connectivity index (χ0n) is 22.6. The molecule has 41 heavy (non-hydrogen) atoms. The Morgan fingerprint density at radius 3 is 1.88 bits per heavy atom. The van der Waals surface area contributed by atoms with Crippen molar-refractivity contribution in [2.45, 2.75) is 62.7 Å². The largest absolute Gasteiger partial charge is 0.508 e. The first-order valence-corrected chi connectivity index (χ1v) is 13.2. The summed E-state index contributed by atoms with van der Waals surface area (Å²) < 4.78 is 0. The monoisotopic (exact) mass is 570 g/mol. The number of phenolic OH excluding ortho intramolecular Hbond substituents is 1. The molecule has 0 heterocycles. The highest BCUT2D eigenvalue weighted by molar-refractivity contribution is 5.95. The van der Waals surface area contributed by atoms with Gasteiger partial charge in [0.05, 0.1) is 12.5 Å². The molecule has 0 aliphatic carbocycles. The molecule has 0 fully saturated rings. The van der Waals surface area contributed by atoms with Gasteiger partial charge in [-0.3, -0.25) is 19.2 Å². The Kier molecular flexibility index (Phi) is 13.2. The summed E-state index contributed by atoms with van der Waals surface area (Å²) in [5.41, 5.74) is 18.2. The molecule has 4 amide bonds. The second-order valence-corrected chi connectivity index (χ2v) is 9.64. The van der Waals surface area contributed by atoms with Crippen LogP contribution in [0.2, 0.25) is 0 Å². The van der Waals surface area contributed by atoms with Crippen LogP contribution in [0.25, 0.3) is 0 Å². The summed E-state index contributed by atoms with van der Waals surface area (Å²) in [5.74, 6) is -4.57. The van der Waals surface area contributed by atoms with Crippen molar-refractivity contribution in [1.82, 2.24) is 16.0 Å². The van der Waals surface area contributed by atoms with Crippen LogP contribution in [0.3, 0.4) is 0 Å². The molecule has 0 aromatic heterocycles. The van der Waals surface area contributed by atoms with E-state index in [2.05, 4.69) is 16.0 Å². The number of amides is 4. The predicted octanol–water partition coefficient (Wildman–Crippen LogP) is -0.952. The summed E-state index contributed by atoms with van der Waals surface area (Å²) in [6.07, 6.45) is 0.791. The van der Waals surface area contributed by atoms with Gasteiger partial charge in [0.25, 0.3) is 0 Å². The maximum Gasteiger partial charge on any atom is 0.326 e. The fourth-order valence-electron chi connectivity index (χ4n) is 4.02. The van der Waals surface area contributed by atoms with Crippen LogP contribution in [-0.4, -0.2) is 70.5 Å². The van der Waals surface area contributed by atoms with Gasteiger partial charge in [0.15, 0.2) is 0 Å². The van der Waals surface area contributed by atoms with Gasteiger partial charge in [-0.2, -0.15) is 0 Å². The van der Waals surface area contributed by atoms with E-state index in [1.165, 1.54) is 24.3 Å². The average molecular weight is 571 g/mol. The molecule has 0 saturated carbocycles. The molecule has 0 spiro atoms. The molecule has 222 valence electrons. The number of unbranched alkanes of at least 4 members (excludes halogenated alkanes) is 1. The van der Waals surface area contributed by atoms with E-state index in [0.717, 1.165) is 5.56 Å². The van der Waals surface area contributed by atoms with Gasteiger partial charge in [-0.15, -0.1) is 0 Å². The van der Waals surface area contributed by atoms with Crippen molar-refractivity contribution in [2.75, 3.05) is 6.54 Å². The number of carboxylic acids is 1. The fraction of sp³-hybridized carbons (Fsp3) is 0.393. The van der Waals surface area contributed by atoms with Crippen LogP contribution in [0.4, 0.5) is 0 Å². The Hall–Kier alpha value is -4.49. The van der Waals surface area contributed by atoms with Gasteiger partial charge >= 0.3 is 5.97 Å². The number of aliphatic carboxylic acids is 1. The van der Waals surface area contributed by atoms with E-state index in [1.54, 1.807) is 0 Å². The van der Waals surface area contributed by atoms with Gasteiger partial charge < -0.3 is 43.4 Å². The second kappa shape index (κ2) is 16.6. The van der Waals surface area contributed by atoms with Gasteiger partial charge in [-0.1, -0.05) is 42.5 Å². The first kappa shape index (κ1) is 32.7. The van der Waals surface area contributed by atoms with Crippen molar-refractivity contribution in [3.63, 3.8) is 0 Å². The number of primary amides is 1. The lowest BCUT2D eigenvalue weighted by atomic mass is 10.0. The third-order valence-electron chi connectivity index (χ3n) is 6.24. The molecule has 13 heteroatoms. The number of rotatable bonds is 17. The summed E-state index contributed by atoms with van der Waals surface area (Å²) in [6, 6.07) is 10.1. The lowest BCUT2D eigenvalue weighted by Gasteiger charge is -2.25. The number of phenols is 1. The molecule has 2 aromatic carbocycles. The van der Waals surface area contributed by atoms with E-state index in [1.807, 2.05) is 30.3 Å². The normalized spacial score (nSPS) is 13.7. The van der Waals surface area contributed by atoms with Crippen molar-refractivity contribution < 1.29 is 34.2 Å². The zero-order chi connectivity index (χ0) is 30.4. The minimum Gasteiger partial charge on any atom is -0.508 e.